The van der Waals surface area contributed by atoms with E-state index in [9.17, 15) is 8.78 Å². The SMILES string of the molecule is C=Cc1cnc2c(ccn2-c2ccc(C)nc2)c1.CC.CCCC(F)(F)CCC. The zero-order valence-electron chi connectivity index (χ0n) is 18.3. The van der Waals surface area contributed by atoms with Crippen LogP contribution in [0, 0.1) is 6.92 Å². The number of halogens is 2. The summed E-state index contributed by atoms with van der Waals surface area (Å²) in [6, 6.07) is 8.17. The Balaban J connectivity index is 0.000000327. The molecule has 0 N–H and O–H groups in total. The van der Waals surface area contributed by atoms with E-state index in [0.29, 0.717) is 12.8 Å². The van der Waals surface area contributed by atoms with Crippen molar-refractivity contribution in [1.29, 1.82) is 0 Å². The van der Waals surface area contributed by atoms with Crippen molar-refractivity contribution in [2.75, 3.05) is 0 Å². The van der Waals surface area contributed by atoms with Gasteiger partial charge in [0.15, 0.2) is 0 Å². The molecule has 0 bridgehead atoms. The largest absolute Gasteiger partial charge is 0.300 e. The molecule has 3 aromatic rings. The Morgan fingerprint density at radius 1 is 1.03 bits per heavy atom. The monoisotopic (exact) mass is 401 g/mol. The molecular formula is C24H33F2N3. The molecular weight excluding hydrogens is 368 g/mol. The van der Waals surface area contributed by atoms with Gasteiger partial charge >= 0.3 is 0 Å². The van der Waals surface area contributed by atoms with Gasteiger partial charge in [0.2, 0.25) is 5.92 Å². The Bertz CT molecular complexity index is 859. The van der Waals surface area contributed by atoms with E-state index in [4.69, 9.17) is 0 Å². The van der Waals surface area contributed by atoms with Crippen molar-refractivity contribution >= 4 is 17.1 Å². The smallest absolute Gasteiger partial charge is 0.248 e. The predicted molar refractivity (Wildman–Crippen MR) is 120 cm³/mol. The fourth-order valence-corrected chi connectivity index (χ4v) is 2.82. The zero-order valence-corrected chi connectivity index (χ0v) is 18.3. The quantitative estimate of drug-likeness (QED) is 0.425. The molecule has 3 aromatic heterocycles. The predicted octanol–water partition coefficient (Wildman–Crippen LogP) is 7.62. The molecule has 5 heteroatoms. The van der Waals surface area contributed by atoms with Gasteiger partial charge in [0.25, 0.3) is 0 Å². The maximum atomic E-state index is 12.4. The van der Waals surface area contributed by atoms with Crippen LogP contribution in [0.25, 0.3) is 22.8 Å². The number of aryl methyl sites for hydroxylation is 1. The number of nitrogens with zero attached hydrogens (tertiary/aromatic N) is 3. The van der Waals surface area contributed by atoms with Crippen molar-refractivity contribution in [3.05, 3.63) is 60.7 Å². The van der Waals surface area contributed by atoms with Crippen molar-refractivity contribution < 1.29 is 8.78 Å². The van der Waals surface area contributed by atoms with Gasteiger partial charge in [0, 0.05) is 36.3 Å². The van der Waals surface area contributed by atoms with Gasteiger partial charge in [-0.2, -0.15) is 0 Å². The second-order valence-corrected chi connectivity index (χ2v) is 6.59. The van der Waals surface area contributed by atoms with E-state index >= 15 is 0 Å². The highest BCUT2D eigenvalue weighted by atomic mass is 19.3. The van der Waals surface area contributed by atoms with Gasteiger partial charge in [0.1, 0.15) is 5.65 Å². The highest BCUT2D eigenvalue weighted by molar-refractivity contribution is 5.80. The lowest BCUT2D eigenvalue weighted by Crippen LogP contribution is -2.14. The lowest BCUT2D eigenvalue weighted by atomic mass is 10.1. The Kier molecular flexibility index (Phi) is 10.2. The lowest BCUT2D eigenvalue weighted by molar-refractivity contribution is -0.0173. The van der Waals surface area contributed by atoms with Gasteiger partial charge < -0.3 is 0 Å². The van der Waals surface area contributed by atoms with Crippen LogP contribution in [0.3, 0.4) is 0 Å². The summed E-state index contributed by atoms with van der Waals surface area (Å²) < 4.78 is 26.9. The van der Waals surface area contributed by atoms with E-state index in [2.05, 4.69) is 28.7 Å². The summed E-state index contributed by atoms with van der Waals surface area (Å²) in [7, 11) is 0. The third-order valence-electron chi connectivity index (χ3n) is 4.19. The molecule has 0 aromatic carbocycles. The summed E-state index contributed by atoms with van der Waals surface area (Å²) in [6.45, 7) is 13.3. The van der Waals surface area contributed by atoms with Crippen LogP contribution in [0.15, 0.2) is 49.4 Å². The van der Waals surface area contributed by atoms with Crippen LogP contribution in [-0.4, -0.2) is 20.5 Å². The molecule has 0 saturated carbocycles. The number of alkyl halides is 2. The molecule has 29 heavy (non-hydrogen) atoms. The minimum Gasteiger partial charge on any atom is -0.300 e. The molecule has 158 valence electrons. The first-order valence-corrected chi connectivity index (χ1v) is 10.3. The maximum Gasteiger partial charge on any atom is 0.248 e. The van der Waals surface area contributed by atoms with E-state index in [1.165, 1.54) is 0 Å². The first kappa shape index (κ1) is 24.5. The maximum absolute atomic E-state index is 12.4. The average molecular weight is 402 g/mol. The van der Waals surface area contributed by atoms with Crippen molar-refractivity contribution in [1.82, 2.24) is 14.5 Å². The third-order valence-corrected chi connectivity index (χ3v) is 4.19. The van der Waals surface area contributed by atoms with E-state index in [-0.39, 0.29) is 12.8 Å². The summed E-state index contributed by atoms with van der Waals surface area (Å²) >= 11 is 0. The number of hydrogen-bond donors (Lipinski definition) is 0. The summed E-state index contributed by atoms with van der Waals surface area (Å²) in [4.78, 5) is 8.79. The molecule has 3 nitrogen and oxygen atoms in total. The average Bonchev–Trinajstić information content (AvgIpc) is 3.13. The minimum absolute atomic E-state index is 0.0425. The summed E-state index contributed by atoms with van der Waals surface area (Å²) in [5.41, 5.74) is 4.00. The number of pyridine rings is 2. The molecule has 0 unspecified atom stereocenters. The Labute approximate surface area is 173 Å². The second-order valence-electron chi connectivity index (χ2n) is 6.59. The molecule has 0 spiro atoms. The summed E-state index contributed by atoms with van der Waals surface area (Å²) in [5.74, 6) is -2.40. The van der Waals surface area contributed by atoms with Crippen molar-refractivity contribution in [2.45, 2.75) is 66.2 Å². The van der Waals surface area contributed by atoms with Crippen molar-refractivity contribution in [3.63, 3.8) is 0 Å². The van der Waals surface area contributed by atoms with Gasteiger partial charge in [-0.15, -0.1) is 0 Å². The standard InChI is InChI=1S/C15H13N3.C7H14F2.C2H6/c1-3-12-8-13-6-7-18(15(13)17-9-12)14-5-4-11(2)16-10-14;1-3-5-7(8,9)6-4-2;1-2/h3-10H,1H2,2H3;3-6H2,1-2H3;1-2H3. The first-order chi connectivity index (χ1) is 13.9. The van der Waals surface area contributed by atoms with Crippen LogP contribution >= 0.6 is 0 Å². The zero-order chi connectivity index (χ0) is 21.9. The molecule has 0 saturated heterocycles. The first-order valence-electron chi connectivity index (χ1n) is 10.3. The van der Waals surface area contributed by atoms with E-state index in [1.54, 1.807) is 19.9 Å². The number of fused-ring (bicyclic) bond motifs is 1. The lowest BCUT2D eigenvalue weighted by Gasteiger charge is -2.12. The van der Waals surface area contributed by atoms with Crippen LogP contribution < -0.4 is 0 Å². The Morgan fingerprint density at radius 2 is 1.69 bits per heavy atom. The Hall–Kier alpha value is -2.56. The molecule has 3 rings (SSSR count). The fraction of sp³-hybridized carbons (Fsp3) is 0.417. The highest BCUT2D eigenvalue weighted by Gasteiger charge is 2.25. The van der Waals surface area contributed by atoms with E-state index in [0.717, 1.165) is 28.0 Å². The third kappa shape index (κ3) is 7.41. The van der Waals surface area contributed by atoms with Crippen molar-refractivity contribution in [2.24, 2.45) is 0 Å². The normalized spacial score (nSPS) is 10.6. The van der Waals surface area contributed by atoms with E-state index in [1.807, 2.05) is 56.1 Å². The minimum atomic E-state index is -2.40. The number of rotatable bonds is 6. The summed E-state index contributed by atoms with van der Waals surface area (Å²) in [5, 5.41) is 1.10. The Morgan fingerprint density at radius 3 is 2.21 bits per heavy atom. The van der Waals surface area contributed by atoms with Gasteiger partial charge in [-0.3, -0.25) is 9.55 Å². The van der Waals surface area contributed by atoms with Crippen molar-refractivity contribution in [3.8, 4) is 5.69 Å². The van der Waals surface area contributed by atoms with Crippen LogP contribution in [0.5, 0.6) is 0 Å². The molecule has 0 amide bonds. The molecule has 3 heterocycles. The van der Waals surface area contributed by atoms with Crippen LogP contribution in [0.1, 0.15) is 64.6 Å². The molecule has 0 fully saturated rings. The van der Waals surface area contributed by atoms with E-state index < -0.39 is 5.92 Å². The van der Waals surface area contributed by atoms with Gasteiger partial charge in [-0.1, -0.05) is 53.2 Å². The highest BCUT2D eigenvalue weighted by Crippen LogP contribution is 2.25. The summed E-state index contributed by atoms with van der Waals surface area (Å²) in [6.07, 6.45) is 8.74. The fourth-order valence-electron chi connectivity index (χ4n) is 2.82. The van der Waals surface area contributed by atoms with Gasteiger partial charge in [-0.25, -0.2) is 13.8 Å². The van der Waals surface area contributed by atoms with Crippen LogP contribution in [-0.2, 0) is 0 Å². The van der Waals surface area contributed by atoms with Gasteiger partial charge in [-0.05, 0) is 36.8 Å². The molecule has 0 aliphatic carbocycles. The molecule has 0 atom stereocenters. The number of hydrogen-bond acceptors (Lipinski definition) is 2. The van der Waals surface area contributed by atoms with Gasteiger partial charge in [0.05, 0.1) is 11.9 Å². The molecule has 0 radical (unpaired) electrons. The second kappa shape index (κ2) is 12.1. The topological polar surface area (TPSA) is 30.7 Å². The van der Waals surface area contributed by atoms with Crippen LogP contribution in [0.2, 0.25) is 0 Å². The molecule has 0 aliphatic rings. The number of aromatic nitrogens is 3. The van der Waals surface area contributed by atoms with Crippen LogP contribution in [0.4, 0.5) is 8.78 Å². The molecule has 0 aliphatic heterocycles.